The van der Waals surface area contributed by atoms with Crippen molar-refractivity contribution in [3.05, 3.63) is 57.3 Å². The van der Waals surface area contributed by atoms with Crippen molar-refractivity contribution in [3.8, 4) is 0 Å². The molecule has 0 saturated heterocycles. The first-order valence-electron chi connectivity index (χ1n) is 7.32. The molecule has 1 atom stereocenters. The number of aryl methyl sites for hydroxylation is 2. The number of benzene rings is 1. The standard InChI is InChI=1S/C16H20N2O2S2/c1-18(2)22(19,20)17-16(15-7-4-10-21-15)14-9-8-12-5-3-6-13(12)11-14/h4,7-11,16-17H,3,5-6H2,1-2H3. The Morgan fingerprint density at radius 3 is 2.64 bits per heavy atom. The van der Waals surface area contributed by atoms with Crippen LogP contribution in [0.15, 0.2) is 35.7 Å². The zero-order valence-corrected chi connectivity index (χ0v) is 14.4. The van der Waals surface area contributed by atoms with Crippen molar-refractivity contribution in [2.24, 2.45) is 0 Å². The molecule has 1 unspecified atom stereocenters. The summed E-state index contributed by atoms with van der Waals surface area (Å²) < 4.78 is 28.5. The Bertz CT molecular complexity index is 752. The van der Waals surface area contributed by atoms with Crippen LogP contribution in [-0.4, -0.2) is 26.8 Å². The summed E-state index contributed by atoms with van der Waals surface area (Å²) in [5.41, 5.74) is 3.75. The third kappa shape index (κ3) is 3.10. The molecule has 0 radical (unpaired) electrons. The first-order valence-corrected chi connectivity index (χ1v) is 9.64. The number of hydrogen-bond donors (Lipinski definition) is 1. The van der Waals surface area contributed by atoms with Crippen molar-refractivity contribution in [2.45, 2.75) is 25.3 Å². The average Bonchev–Trinajstić information content (AvgIpc) is 3.15. The molecule has 0 aliphatic heterocycles. The van der Waals surface area contributed by atoms with Gasteiger partial charge < -0.3 is 0 Å². The molecule has 1 aliphatic rings. The predicted molar refractivity (Wildman–Crippen MR) is 90.4 cm³/mol. The van der Waals surface area contributed by atoms with Crippen molar-refractivity contribution in [1.29, 1.82) is 0 Å². The van der Waals surface area contributed by atoms with Crippen LogP contribution in [0.5, 0.6) is 0 Å². The molecule has 3 rings (SSSR count). The van der Waals surface area contributed by atoms with E-state index in [4.69, 9.17) is 0 Å². The van der Waals surface area contributed by atoms with Gasteiger partial charge in [0.1, 0.15) is 0 Å². The summed E-state index contributed by atoms with van der Waals surface area (Å²) >= 11 is 1.57. The molecule has 1 aromatic carbocycles. The van der Waals surface area contributed by atoms with Gasteiger partial charge in [-0.05, 0) is 47.4 Å². The summed E-state index contributed by atoms with van der Waals surface area (Å²) in [6.07, 6.45) is 3.40. The van der Waals surface area contributed by atoms with Crippen molar-refractivity contribution >= 4 is 21.5 Å². The maximum Gasteiger partial charge on any atom is 0.279 e. The lowest BCUT2D eigenvalue weighted by molar-refractivity contribution is 0.499. The predicted octanol–water partition coefficient (Wildman–Crippen LogP) is 2.72. The molecule has 118 valence electrons. The third-order valence-electron chi connectivity index (χ3n) is 4.03. The highest BCUT2D eigenvalue weighted by atomic mass is 32.2. The fourth-order valence-electron chi connectivity index (χ4n) is 2.77. The fraction of sp³-hybridized carbons (Fsp3) is 0.375. The Labute approximate surface area is 136 Å². The molecule has 0 bridgehead atoms. The van der Waals surface area contributed by atoms with Gasteiger partial charge in [0.25, 0.3) is 10.2 Å². The van der Waals surface area contributed by atoms with E-state index in [0.717, 1.165) is 23.3 Å². The van der Waals surface area contributed by atoms with Gasteiger partial charge in [-0.1, -0.05) is 24.3 Å². The van der Waals surface area contributed by atoms with Crippen LogP contribution in [0.25, 0.3) is 0 Å². The van der Waals surface area contributed by atoms with Crippen molar-refractivity contribution in [3.63, 3.8) is 0 Å². The van der Waals surface area contributed by atoms with E-state index in [1.165, 1.54) is 35.9 Å². The van der Waals surface area contributed by atoms with Gasteiger partial charge in [-0.15, -0.1) is 11.3 Å². The highest BCUT2D eigenvalue weighted by molar-refractivity contribution is 7.87. The Morgan fingerprint density at radius 2 is 1.95 bits per heavy atom. The van der Waals surface area contributed by atoms with E-state index in [-0.39, 0.29) is 6.04 Å². The Balaban J connectivity index is 1.99. The molecule has 4 nitrogen and oxygen atoms in total. The summed E-state index contributed by atoms with van der Waals surface area (Å²) in [4.78, 5) is 1.00. The first-order chi connectivity index (χ1) is 10.5. The van der Waals surface area contributed by atoms with E-state index >= 15 is 0 Å². The zero-order valence-electron chi connectivity index (χ0n) is 12.7. The molecule has 1 aliphatic carbocycles. The van der Waals surface area contributed by atoms with Crippen molar-refractivity contribution in [1.82, 2.24) is 9.03 Å². The van der Waals surface area contributed by atoms with Crippen LogP contribution in [0.4, 0.5) is 0 Å². The number of thiophene rings is 1. The van der Waals surface area contributed by atoms with Crippen LogP contribution in [-0.2, 0) is 23.1 Å². The van der Waals surface area contributed by atoms with Gasteiger partial charge >= 0.3 is 0 Å². The van der Waals surface area contributed by atoms with Gasteiger partial charge in [0.05, 0.1) is 6.04 Å². The zero-order chi connectivity index (χ0) is 15.7. The second-order valence-electron chi connectivity index (χ2n) is 5.74. The van der Waals surface area contributed by atoms with Crippen LogP contribution in [0.2, 0.25) is 0 Å². The molecule has 0 saturated carbocycles. The smallest absolute Gasteiger partial charge is 0.195 e. The van der Waals surface area contributed by atoms with E-state index in [2.05, 4.69) is 16.9 Å². The minimum absolute atomic E-state index is 0.335. The quantitative estimate of drug-likeness (QED) is 0.913. The van der Waals surface area contributed by atoms with Crippen molar-refractivity contribution < 1.29 is 8.42 Å². The molecule has 2 aromatic rings. The number of rotatable bonds is 5. The first kappa shape index (κ1) is 15.7. The van der Waals surface area contributed by atoms with Crippen LogP contribution in [0.1, 0.15) is 34.0 Å². The maximum atomic E-state index is 12.3. The Hall–Kier alpha value is -1.21. The van der Waals surface area contributed by atoms with Gasteiger partial charge in [0.15, 0.2) is 0 Å². The second kappa shape index (κ2) is 6.12. The summed E-state index contributed by atoms with van der Waals surface area (Å²) in [6.45, 7) is 0. The van der Waals surface area contributed by atoms with Crippen LogP contribution < -0.4 is 4.72 Å². The Kier molecular flexibility index (Phi) is 4.36. The second-order valence-corrected chi connectivity index (χ2v) is 8.63. The number of nitrogens with one attached hydrogen (secondary N) is 1. The number of hydrogen-bond acceptors (Lipinski definition) is 3. The third-order valence-corrected chi connectivity index (χ3v) is 6.46. The van der Waals surface area contributed by atoms with Crippen LogP contribution in [0, 0.1) is 0 Å². The summed E-state index contributed by atoms with van der Waals surface area (Å²) in [5.74, 6) is 0. The summed E-state index contributed by atoms with van der Waals surface area (Å²) in [7, 11) is -0.419. The van der Waals surface area contributed by atoms with Gasteiger partial charge in [-0.3, -0.25) is 0 Å². The monoisotopic (exact) mass is 336 g/mol. The molecule has 1 N–H and O–H groups in total. The average molecular weight is 336 g/mol. The molecule has 1 heterocycles. The molecule has 22 heavy (non-hydrogen) atoms. The largest absolute Gasteiger partial charge is 0.279 e. The Morgan fingerprint density at radius 1 is 1.18 bits per heavy atom. The van der Waals surface area contributed by atoms with Gasteiger partial charge in [-0.25, -0.2) is 0 Å². The van der Waals surface area contributed by atoms with Crippen LogP contribution >= 0.6 is 11.3 Å². The molecular formula is C16H20N2O2S2. The van der Waals surface area contributed by atoms with E-state index < -0.39 is 10.2 Å². The van der Waals surface area contributed by atoms with Crippen molar-refractivity contribution in [2.75, 3.05) is 14.1 Å². The summed E-state index contributed by atoms with van der Waals surface area (Å²) in [6, 6.07) is 9.93. The van der Waals surface area contributed by atoms with E-state index in [0.29, 0.717) is 0 Å². The maximum absolute atomic E-state index is 12.3. The van der Waals surface area contributed by atoms with Gasteiger partial charge in [0.2, 0.25) is 0 Å². The SMILES string of the molecule is CN(C)S(=O)(=O)NC(c1ccc2c(c1)CCC2)c1cccs1. The van der Waals surface area contributed by atoms with Crippen LogP contribution in [0.3, 0.4) is 0 Å². The minimum atomic E-state index is -3.50. The summed E-state index contributed by atoms with van der Waals surface area (Å²) in [5, 5.41) is 1.97. The molecule has 0 amide bonds. The highest BCUT2D eigenvalue weighted by Crippen LogP contribution is 2.31. The lowest BCUT2D eigenvalue weighted by Crippen LogP contribution is -2.38. The number of nitrogens with zero attached hydrogens (tertiary/aromatic N) is 1. The van der Waals surface area contributed by atoms with Gasteiger partial charge in [0, 0.05) is 19.0 Å². The van der Waals surface area contributed by atoms with E-state index in [9.17, 15) is 8.42 Å². The highest BCUT2D eigenvalue weighted by Gasteiger charge is 2.24. The lowest BCUT2D eigenvalue weighted by atomic mass is 10.0. The topological polar surface area (TPSA) is 49.4 Å². The van der Waals surface area contributed by atoms with E-state index in [1.807, 2.05) is 23.6 Å². The normalized spacial score (nSPS) is 16.0. The molecule has 0 fully saturated rings. The molecule has 1 aromatic heterocycles. The lowest BCUT2D eigenvalue weighted by Gasteiger charge is -2.21. The van der Waals surface area contributed by atoms with E-state index in [1.54, 1.807) is 11.3 Å². The molecule has 0 spiro atoms. The van der Waals surface area contributed by atoms with Gasteiger partial charge in [-0.2, -0.15) is 17.4 Å². The fourth-order valence-corrected chi connectivity index (χ4v) is 4.42. The number of fused-ring (bicyclic) bond motifs is 1. The molecule has 6 heteroatoms. The molecular weight excluding hydrogens is 316 g/mol. The minimum Gasteiger partial charge on any atom is -0.195 e.